The van der Waals surface area contributed by atoms with Gasteiger partial charge in [0.05, 0.1) is 0 Å². The van der Waals surface area contributed by atoms with Gasteiger partial charge in [-0.2, -0.15) is 0 Å². The first-order valence-electron chi connectivity index (χ1n) is 6.56. The van der Waals surface area contributed by atoms with Crippen molar-refractivity contribution in [3.05, 3.63) is 67.9 Å². The molecule has 0 bridgehead atoms. The molecule has 108 valence electrons. The van der Waals surface area contributed by atoms with E-state index < -0.39 is 0 Å². The van der Waals surface area contributed by atoms with Gasteiger partial charge in [0.1, 0.15) is 5.82 Å². The Labute approximate surface area is 139 Å². The minimum atomic E-state index is -0.338. The lowest BCUT2D eigenvalue weighted by molar-refractivity contribution is 0.0938. The smallest absolute Gasteiger partial charge is 0.251 e. The maximum atomic E-state index is 12.9. The van der Waals surface area contributed by atoms with Gasteiger partial charge in [-0.05, 0) is 92.2 Å². The largest absolute Gasteiger partial charge is 0.349 e. The number of hydrogen-bond acceptors (Lipinski definition) is 1. The molecule has 1 amide bonds. The standard InChI is InChI=1S/C16H12Br2FNO/c17-14-7-10-5-13(6-11(10)8-15(14)18)20-16(21)9-1-3-12(19)4-2-9/h1-4,7-8,13H,5-6H2,(H,20,21). The van der Waals surface area contributed by atoms with E-state index in [2.05, 4.69) is 49.3 Å². The van der Waals surface area contributed by atoms with Crippen LogP contribution in [0.25, 0.3) is 0 Å². The van der Waals surface area contributed by atoms with E-state index in [-0.39, 0.29) is 17.8 Å². The average molecular weight is 413 g/mol. The summed E-state index contributed by atoms with van der Waals surface area (Å²) in [5.41, 5.74) is 2.97. The molecule has 0 unspecified atom stereocenters. The van der Waals surface area contributed by atoms with Crippen LogP contribution in [0.1, 0.15) is 21.5 Å². The summed E-state index contributed by atoms with van der Waals surface area (Å²) in [5, 5.41) is 3.01. The lowest BCUT2D eigenvalue weighted by atomic mass is 10.1. The van der Waals surface area contributed by atoms with Crippen molar-refractivity contribution in [3.8, 4) is 0 Å². The molecule has 1 N–H and O–H groups in total. The lowest BCUT2D eigenvalue weighted by Crippen LogP contribution is -2.35. The first-order chi connectivity index (χ1) is 10.0. The minimum Gasteiger partial charge on any atom is -0.349 e. The van der Waals surface area contributed by atoms with Crippen LogP contribution in [0.4, 0.5) is 4.39 Å². The molecule has 0 aromatic heterocycles. The highest BCUT2D eigenvalue weighted by Gasteiger charge is 2.24. The molecule has 0 heterocycles. The Kier molecular flexibility index (Phi) is 4.13. The summed E-state index contributed by atoms with van der Waals surface area (Å²) < 4.78 is 14.9. The van der Waals surface area contributed by atoms with Gasteiger partial charge >= 0.3 is 0 Å². The number of amides is 1. The third kappa shape index (κ3) is 3.19. The second-order valence-electron chi connectivity index (χ2n) is 5.12. The molecule has 5 heteroatoms. The summed E-state index contributed by atoms with van der Waals surface area (Å²) >= 11 is 6.99. The van der Waals surface area contributed by atoms with Crippen LogP contribution in [-0.4, -0.2) is 11.9 Å². The predicted molar refractivity (Wildman–Crippen MR) is 86.9 cm³/mol. The zero-order valence-electron chi connectivity index (χ0n) is 11.0. The van der Waals surface area contributed by atoms with Crippen LogP contribution in [0, 0.1) is 5.82 Å². The predicted octanol–water partition coefficient (Wildman–Crippen LogP) is 4.25. The highest BCUT2D eigenvalue weighted by Crippen LogP contribution is 2.31. The molecule has 0 fully saturated rings. The number of fused-ring (bicyclic) bond motifs is 1. The van der Waals surface area contributed by atoms with Crippen LogP contribution in [-0.2, 0) is 12.8 Å². The van der Waals surface area contributed by atoms with Crippen molar-refractivity contribution in [1.29, 1.82) is 0 Å². The summed E-state index contributed by atoms with van der Waals surface area (Å²) in [6.07, 6.45) is 1.63. The van der Waals surface area contributed by atoms with Crippen LogP contribution in [0.2, 0.25) is 0 Å². The molecule has 1 aliphatic rings. The van der Waals surface area contributed by atoms with Gasteiger partial charge in [-0.1, -0.05) is 0 Å². The zero-order valence-corrected chi connectivity index (χ0v) is 14.2. The lowest BCUT2D eigenvalue weighted by Gasteiger charge is -2.11. The molecule has 3 rings (SSSR count). The monoisotopic (exact) mass is 411 g/mol. The molecule has 2 aromatic rings. The van der Waals surface area contributed by atoms with Gasteiger partial charge in [0.15, 0.2) is 0 Å². The molecule has 1 aliphatic carbocycles. The Balaban J connectivity index is 1.70. The van der Waals surface area contributed by atoms with Gasteiger partial charge < -0.3 is 5.32 Å². The van der Waals surface area contributed by atoms with Crippen LogP contribution in [0.15, 0.2) is 45.3 Å². The third-order valence-corrected chi connectivity index (χ3v) is 5.46. The maximum Gasteiger partial charge on any atom is 0.251 e. The molecular weight excluding hydrogens is 401 g/mol. The van der Waals surface area contributed by atoms with E-state index >= 15 is 0 Å². The number of rotatable bonds is 2. The first kappa shape index (κ1) is 14.7. The van der Waals surface area contributed by atoms with E-state index in [0.717, 1.165) is 21.8 Å². The van der Waals surface area contributed by atoms with Crippen LogP contribution in [0.5, 0.6) is 0 Å². The number of hydrogen-bond donors (Lipinski definition) is 1. The Morgan fingerprint density at radius 3 is 2.10 bits per heavy atom. The number of halogens is 3. The van der Waals surface area contributed by atoms with E-state index in [1.54, 1.807) is 0 Å². The Bertz CT molecular complexity index is 669. The van der Waals surface area contributed by atoms with Crippen molar-refractivity contribution in [2.75, 3.05) is 0 Å². The fourth-order valence-corrected chi connectivity index (χ4v) is 3.37. The molecule has 0 aliphatic heterocycles. The molecule has 2 nitrogen and oxygen atoms in total. The number of carbonyl (C=O) groups is 1. The summed E-state index contributed by atoms with van der Waals surface area (Å²) in [6.45, 7) is 0. The Hall–Kier alpha value is -1.20. The molecule has 0 radical (unpaired) electrons. The first-order valence-corrected chi connectivity index (χ1v) is 8.15. The molecule has 0 saturated heterocycles. The number of carbonyl (C=O) groups excluding carboxylic acids is 1. The quantitative estimate of drug-likeness (QED) is 0.784. The van der Waals surface area contributed by atoms with Crippen LogP contribution >= 0.6 is 31.9 Å². The van der Waals surface area contributed by atoms with Crippen molar-refractivity contribution >= 4 is 37.8 Å². The van der Waals surface area contributed by atoms with E-state index in [4.69, 9.17) is 0 Å². The SMILES string of the molecule is O=C(NC1Cc2cc(Br)c(Br)cc2C1)c1ccc(F)cc1. The van der Waals surface area contributed by atoms with Gasteiger partial charge in [0.2, 0.25) is 0 Å². The average Bonchev–Trinajstić information content (AvgIpc) is 2.81. The molecule has 0 saturated carbocycles. The van der Waals surface area contributed by atoms with Crippen molar-refractivity contribution in [2.45, 2.75) is 18.9 Å². The Morgan fingerprint density at radius 2 is 1.57 bits per heavy atom. The normalized spacial score (nSPS) is 14.0. The van der Waals surface area contributed by atoms with Crippen molar-refractivity contribution in [2.24, 2.45) is 0 Å². The number of benzene rings is 2. The minimum absolute atomic E-state index is 0.0822. The highest BCUT2D eigenvalue weighted by atomic mass is 79.9. The van der Waals surface area contributed by atoms with Crippen LogP contribution in [0.3, 0.4) is 0 Å². The Morgan fingerprint density at radius 1 is 1.05 bits per heavy atom. The van der Waals surface area contributed by atoms with Crippen LogP contribution < -0.4 is 5.32 Å². The number of nitrogens with one attached hydrogen (secondary N) is 1. The van der Waals surface area contributed by atoms with Gasteiger partial charge in [-0.15, -0.1) is 0 Å². The zero-order chi connectivity index (χ0) is 15.0. The van der Waals surface area contributed by atoms with Gasteiger partial charge in [0.25, 0.3) is 5.91 Å². The fraction of sp³-hybridized carbons (Fsp3) is 0.188. The fourth-order valence-electron chi connectivity index (χ4n) is 2.58. The molecule has 0 atom stereocenters. The van der Waals surface area contributed by atoms with E-state index in [1.165, 1.54) is 35.4 Å². The van der Waals surface area contributed by atoms with Gasteiger partial charge in [0, 0.05) is 20.6 Å². The van der Waals surface area contributed by atoms with Crippen molar-refractivity contribution < 1.29 is 9.18 Å². The summed E-state index contributed by atoms with van der Waals surface area (Å²) in [4.78, 5) is 12.1. The highest BCUT2D eigenvalue weighted by molar-refractivity contribution is 9.13. The molecule has 0 spiro atoms. The van der Waals surface area contributed by atoms with E-state index in [0.29, 0.717) is 5.56 Å². The van der Waals surface area contributed by atoms with Gasteiger partial charge in [-0.3, -0.25) is 4.79 Å². The molecule has 2 aromatic carbocycles. The summed E-state index contributed by atoms with van der Waals surface area (Å²) in [6, 6.07) is 9.85. The second kappa shape index (κ2) is 5.89. The topological polar surface area (TPSA) is 29.1 Å². The summed E-state index contributed by atoms with van der Waals surface area (Å²) in [7, 11) is 0. The van der Waals surface area contributed by atoms with Gasteiger partial charge in [-0.25, -0.2) is 4.39 Å². The molecular formula is C16H12Br2FNO. The van der Waals surface area contributed by atoms with Crippen molar-refractivity contribution in [3.63, 3.8) is 0 Å². The second-order valence-corrected chi connectivity index (χ2v) is 6.83. The van der Waals surface area contributed by atoms with Crippen molar-refractivity contribution in [1.82, 2.24) is 5.32 Å². The summed E-state index contributed by atoms with van der Waals surface area (Å²) in [5.74, 6) is -0.500. The van der Waals surface area contributed by atoms with E-state index in [1.807, 2.05) is 0 Å². The van der Waals surface area contributed by atoms with E-state index in [9.17, 15) is 9.18 Å². The molecule has 21 heavy (non-hydrogen) atoms. The maximum absolute atomic E-state index is 12.9. The third-order valence-electron chi connectivity index (χ3n) is 3.62.